The van der Waals surface area contributed by atoms with Crippen LogP contribution in [0.25, 0.3) is 0 Å². The summed E-state index contributed by atoms with van der Waals surface area (Å²) < 4.78 is 0.794. The van der Waals surface area contributed by atoms with Gasteiger partial charge in [0.05, 0.1) is 10.6 Å². The van der Waals surface area contributed by atoms with E-state index in [-0.39, 0.29) is 0 Å². The van der Waals surface area contributed by atoms with Crippen LogP contribution in [-0.2, 0) is 0 Å². The van der Waals surface area contributed by atoms with Crippen molar-refractivity contribution in [3.05, 3.63) is 50.6 Å². The molecule has 2 rings (SSSR count). The standard InChI is InChI=1S/C14H11BrClN3/c1-8-5-9(2)18-14(11(8)7-17)19-10-3-4-13(16)12(15)6-10/h3-6H,1-2H3,(H,18,19). The van der Waals surface area contributed by atoms with Crippen molar-refractivity contribution < 1.29 is 0 Å². The summed E-state index contributed by atoms with van der Waals surface area (Å²) in [5.74, 6) is 0.564. The number of aryl methyl sites for hydroxylation is 2. The largest absolute Gasteiger partial charge is 0.339 e. The molecule has 0 bridgehead atoms. The predicted octanol–water partition coefficient (Wildman–Crippen LogP) is 4.73. The van der Waals surface area contributed by atoms with Crippen LogP contribution in [0.1, 0.15) is 16.8 Å². The molecule has 1 aromatic carbocycles. The molecule has 0 aliphatic heterocycles. The molecule has 0 amide bonds. The van der Waals surface area contributed by atoms with Crippen LogP contribution in [0, 0.1) is 25.2 Å². The number of nitriles is 1. The molecule has 0 saturated heterocycles. The second kappa shape index (κ2) is 5.60. The number of hydrogen-bond acceptors (Lipinski definition) is 3. The molecule has 3 nitrogen and oxygen atoms in total. The highest BCUT2D eigenvalue weighted by Crippen LogP contribution is 2.28. The third kappa shape index (κ3) is 3.06. The minimum atomic E-state index is 0.552. The molecule has 0 aliphatic carbocycles. The Morgan fingerprint density at radius 3 is 2.68 bits per heavy atom. The van der Waals surface area contributed by atoms with Gasteiger partial charge in [0.1, 0.15) is 11.9 Å². The maximum absolute atomic E-state index is 9.21. The number of aromatic nitrogens is 1. The Hall–Kier alpha value is -1.57. The quantitative estimate of drug-likeness (QED) is 0.862. The zero-order valence-corrected chi connectivity index (χ0v) is 12.8. The Morgan fingerprint density at radius 2 is 2.05 bits per heavy atom. The van der Waals surface area contributed by atoms with Crippen LogP contribution in [0.3, 0.4) is 0 Å². The van der Waals surface area contributed by atoms with Crippen molar-refractivity contribution in [1.82, 2.24) is 4.98 Å². The number of nitrogens with one attached hydrogen (secondary N) is 1. The van der Waals surface area contributed by atoms with Gasteiger partial charge in [0.15, 0.2) is 0 Å². The van der Waals surface area contributed by atoms with Crippen molar-refractivity contribution in [2.45, 2.75) is 13.8 Å². The van der Waals surface area contributed by atoms with Gasteiger partial charge in [0.25, 0.3) is 0 Å². The van der Waals surface area contributed by atoms with Gasteiger partial charge in [-0.05, 0) is 59.6 Å². The van der Waals surface area contributed by atoms with E-state index in [1.165, 1.54) is 0 Å². The Balaban J connectivity index is 2.43. The van der Waals surface area contributed by atoms with E-state index in [4.69, 9.17) is 11.6 Å². The predicted molar refractivity (Wildman–Crippen MR) is 80.9 cm³/mol. The Kier molecular flexibility index (Phi) is 4.08. The highest BCUT2D eigenvalue weighted by atomic mass is 79.9. The Morgan fingerprint density at radius 1 is 1.32 bits per heavy atom. The first kappa shape index (κ1) is 13.9. The van der Waals surface area contributed by atoms with Crippen molar-refractivity contribution in [2.75, 3.05) is 5.32 Å². The molecule has 0 atom stereocenters. The van der Waals surface area contributed by atoms with Gasteiger partial charge in [-0.2, -0.15) is 5.26 Å². The van der Waals surface area contributed by atoms with Crippen LogP contribution in [0.2, 0.25) is 5.02 Å². The van der Waals surface area contributed by atoms with Crippen LogP contribution < -0.4 is 5.32 Å². The van der Waals surface area contributed by atoms with Gasteiger partial charge >= 0.3 is 0 Å². The van der Waals surface area contributed by atoms with Crippen LogP contribution in [0.15, 0.2) is 28.7 Å². The summed E-state index contributed by atoms with van der Waals surface area (Å²) in [5.41, 5.74) is 3.15. The number of anilines is 2. The van der Waals surface area contributed by atoms with E-state index in [1.807, 2.05) is 32.0 Å². The molecule has 1 heterocycles. The Labute approximate surface area is 125 Å². The first-order valence-corrected chi connectivity index (χ1v) is 6.79. The molecule has 19 heavy (non-hydrogen) atoms. The fourth-order valence-corrected chi connectivity index (χ4v) is 2.28. The number of rotatable bonds is 2. The molecular formula is C14H11BrClN3. The fourth-order valence-electron chi connectivity index (χ4n) is 1.78. The summed E-state index contributed by atoms with van der Waals surface area (Å²) in [4.78, 5) is 4.37. The lowest BCUT2D eigenvalue weighted by atomic mass is 10.1. The van der Waals surface area contributed by atoms with Crippen molar-refractivity contribution in [2.24, 2.45) is 0 Å². The second-order valence-corrected chi connectivity index (χ2v) is 5.43. The summed E-state index contributed by atoms with van der Waals surface area (Å²) >= 11 is 9.32. The van der Waals surface area contributed by atoms with Crippen LogP contribution >= 0.6 is 27.5 Å². The molecule has 0 saturated carbocycles. The first-order valence-electron chi connectivity index (χ1n) is 5.61. The van der Waals surface area contributed by atoms with Gasteiger partial charge in [-0.3, -0.25) is 0 Å². The number of hydrogen-bond donors (Lipinski definition) is 1. The van der Waals surface area contributed by atoms with Crippen LogP contribution in [0.4, 0.5) is 11.5 Å². The van der Waals surface area contributed by atoms with Gasteiger partial charge in [0.2, 0.25) is 0 Å². The van der Waals surface area contributed by atoms with E-state index in [1.54, 1.807) is 6.07 Å². The van der Waals surface area contributed by atoms with Gasteiger partial charge in [-0.25, -0.2) is 4.98 Å². The van der Waals surface area contributed by atoms with Crippen molar-refractivity contribution in [3.63, 3.8) is 0 Å². The molecule has 5 heteroatoms. The average molecular weight is 337 g/mol. The lowest BCUT2D eigenvalue weighted by Gasteiger charge is -2.11. The normalized spacial score (nSPS) is 10.1. The monoisotopic (exact) mass is 335 g/mol. The number of halogens is 2. The lowest BCUT2D eigenvalue weighted by molar-refractivity contribution is 1.16. The Bertz CT molecular complexity index is 677. The van der Waals surface area contributed by atoms with Crippen molar-refractivity contribution in [3.8, 4) is 6.07 Å². The van der Waals surface area contributed by atoms with E-state index in [2.05, 4.69) is 32.3 Å². The summed E-state index contributed by atoms with van der Waals surface area (Å²) in [7, 11) is 0. The minimum Gasteiger partial charge on any atom is -0.339 e. The molecule has 1 N–H and O–H groups in total. The molecule has 96 valence electrons. The van der Waals surface area contributed by atoms with E-state index in [0.29, 0.717) is 16.4 Å². The van der Waals surface area contributed by atoms with Crippen LogP contribution in [0.5, 0.6) is 0 Å². The molecule has 0 unspecified atom stereocenters. The SMILES string of the molecule is Cc1cc(C)c(C#N)c(Nc2ccc(Cl)c(Br)c2)n1. The fraction of sp³-hybridized carbons (Fsp3) is 0.143. The van der Waals surface area contributed by atoms with Crippen molar-refractivity contribution >= 4 is 39.0 Å². The van der Waals surface area contributed by atoms with Gasteiger partial charge in [-0.1, -0.05) is 11.6 Å². The summed E-state index contributed by atoms with van der Waals surface area (Å²) in [6.45, 7) is 3.80. The molecular weight excluding hydrogens is 326 g/mol. The van der Waals surface area contributed by atoms with E-state index in [0.717, 1.165) is 21.4 Å². The van der Waals surface area contributed by atoms with Gasteiger partial charge < -0.3 is 5.32 Å². The molecule has 0 aliphatic rings. The third-order valence-electron chi connectivity index (χ3n) is 2.64. The first-order chi connectivity index (χ1) is 9.01. The van der Waals surface area contributed by atoms with E-state index < -0.39 is 0 Å². The maximum atomic E-state index is 9.21. The molecule has 0 fully saturated rings. The van der Waals surface area contributed by atoms with Gasteiger partial charge in [-0.15, -0.1) is 0 Å². The molecule has 2 aromatic rings. The van der Waals surface area contributed by atoms with Crippen molar-refractivity contribution in [1.29, 1.82) is 5.26 Å². The van der Waals surface area contributed by atoms with Crippen LogP contribution in [-0.4, -0.2) is 4.98 Å². The number of nitrogens with zero attached hydrogens (tertiary/aromatic N) is 2. The maximum Gasteiger partial charge on any atom is 0.148 e. The number of benzene rings is 1. The third-order valence-corrected chi connectivity index (χ3v) is 3.85. The second-order valence-electron chi connectivity index (χ2n) is 4.17. The average Bonchev–Trinajstić information content (AvgIpc) is 2.33. The summed E-state index contributed by atoms with van der Waals surface area (Å²) in [5, 5.41) is 13.0. The zero-order chi connectivity index (χ0) is 14.0. The summed E-state index contributed by atoms with van der Waals surface area (Å²) in [6, 6.07) is 9.54. The minimum absolute atomic E-state index is 0.552. The smallest absolute Gasteiger partial charge is 0.148 e. The highest BCUT2D eigenvalue weighted by molar-refractivity contribution is 9.10. The topological polar surface area (TPSA) is 48.7 Å². The molecule has 0 spiro atoms. The highest BCUT2D eigenvalue weighted by Gasteiger charge is 2.09. The lowest BCUT2D eigenvalue weighted by Crippen LogP contribution is -2.00. The van der Waals surface area contributed by atoms with Gasteiger partial charge in [0, 0.05) is 15.9 Å². The molecule has 0 radical (unpaired) electrons. The zero-order valence-electron chi connectivity index (χ0n) is 10.5. The number of pyridine rings is 1. The van der Waals surface area contributed by atoms with E-state index in [9.17, 15) is 5.26 Å². The molecule has 1 aromatic heterocycles. The summed E-state index contributed by atoms with van der Waals surface area (Å²) in [6.07, 6.45) is 0. The van der Waals surface area contributed by atoms with E-state index >= 15 is 0 Å².